The number of benzene rings is 1. The Morgan fingerprint density at radius 2 is 1.96 bits per heavy atom. The first-order valence-electron chi connectivity index (χ1n) is 5.84. The zero-order valence-corrected chi connectivity index (χ0v) is 16.5. The molecular formula is C11H14Br2Cl2N6O2. The van der Waals surface area contributed by atoms with Crippen LogP contribution in [0.5, 0.6) is 11.5 Å². The van der Waals surface area contributed by atoms with Crippen LogP contribution in [0.25, 0.3) is 0 Å². The molecule has 23 heavy (non-hydrogen) atoms. The highest BCUT2D eigenvalue weighted by atomic mass is 79.9. The van der Waals surface area contributed by atoms with Crippen molar-refractivity contribution in [2.24, 2.45) is 5.10 Å². The summed E-state index contributed by atoms with van der Waals surface area (Å²) in [6.45, 7) is 1.91. The number of aromatic nitrogens is 3. The van der Waals surface area contributed by atoms with Crippen LogP contribution in [-0.4, -0.2) is 31.3 Å². The fourth-order valence-corrected chi connectivity index (χ4v) is 2.67. The summed E-state index contributed by atoms with van der Waals surface area (Å²) in [5.74, 6) is 6.42. The first-order chi connectivity index (χ1) is 9.95. The van der Waals surface area contributed by atoms with Crippen molar-refractivity contribution in [1.82, 2.24) is 14.9 Å². The van der Waals surface area contributed by atoms with Gasteiger partial charge in [-0.15, -0.1) is 35.0 Å². The molecule has 1 heterocycles. The zero-order valence-electron chi connectivity index (χ0n) is 11.7. The molecule has 0 atom stereocenters. The minimum atomic E-state index is -0.135. The highest BCUT2D eigenvalue weighted by Crippen LogP contribution is 2.40. The molecule has 12 heteroatoms. The van der Waals surface area contributed by atoms with Gasteiger partial charge in [0.05, 0.1) is 10.7 Å². The van der Waals surface area contributed by atoms with Gasteiger partial charge in [-0.1, -0.05) is 6.92 Å². The largest absolute Gasteiger partial charge is 0.506 e. The first-order valence-corrected chi connectivity index (χ1v) is 7.42. The van der Waals surface area contributed by atoms with E-state index in [-0.39, 0.29) is 46.7 Å². The maximum absolute atomic E-state index is 9.89. The lowest BCUT2D eigenvalue weighted by Gasteiger charge is -2.06. The predicted molar refractivity (Wildman–Crippen MR) is 100 cm³/mol. The van der Waals surface area contributed by atoms with Crippen molar-refractivity contribution in [3.05, 3.63) is 26.4 Å². The minimum Gasteiger partial charge on any atom is -0.506 e. The number of anilines is 1. The van der Waals surface area contributed by atoms with Crippen LogP contribution in [0.3, 0.4) is 0 Å². The van der Waals surface area contributed by atoms with Crippen LogP contribution in [0.4, 0.5) is 5.95 Å². The molecule has 0 aliphatic heterocycles. The highest BCUT2D eigenvalue weighted by molar-refractivity contribution is 9.11. The second kappa shape index (κ2) is 9.16. The number of hydrazone groups is 1. The lowest BCUT2D eigenvalue weighted by Crippen LogP contribution is -2.14. The average Bonchev–Trinajstić information content (AvgIpc) is 2.82. The highest BCUT2D eigenvalue weighted by Gasteiger charge is 2.13. The van der Waals surface area contributed by atoms with Crippen LogP contribution < -0.4 is 11.3 Å². The summed E-state index contributed by atoms with van der Waals surface area (Å²) in [4.78, 5) is 0. The van der Waals surface area contributed by atoms with Gasteiger partial charge >= 0.3 is 0 Å². The van der Waals surface area contributed by atoms with Gasteiger partial charge in [-0.2, -0.15) is 5.10 Å². The van der Waals surface area contributed by atoms with Crippen LogP contribution in [0.2, 0.25) is 0 Å². The normalized spacial score (nSPS) is 10.2. The van der Waals surface area contributed by atoms with Gasteiger partial charge in [0.15, 0.2) is 5.82 Å². The van der Waals surface area contributed by atoms with Gasteiger partial charge in [0.25, 0.3) is 5.95 Å². The molecule has 0 fully saturated rings. The SMILES string of the molecule is CCc1nnc(N/N=C/c2cc(Br)c(O)c(Br)c2O)n1N.Cl.Cl. The molecule has 2 aromatic rings. The number of phenolic OH excluding ortho intramolecular Hbond substituents is 2. The maximum atomic E-state index is 9.89. The monoisotopic (exact) mass is 490 g/mol. The molecule has 2 rings (SSSR count). The summed E-state index contributed by atoms with van der Waals surface area (Å²) >= 11 is 6.26. The van der Waals surface area contributed by atoms with E-state index in [1.807, 2.05) is 6.92 Å². The minimum absolute atomic E-state index is 0. The number of nitrogen functional groups attached to an aromatic ring is 1. The molecule has 1 aromatic heterocycles. The summed E-state index contributed by atoms with van der Waals surface area (Å²) in [6, 6.07) is 1.52. The Kier molecular flexibility index (Phi) is 8.67. The molecule has 0 saturated carbocycles. The molecule has 0 radical (unpaired) electrons. The topological polar surface area (TPSA) is 122 Å². The quantitative estimate of drug-likeness (QED) is 0.296. The smallest absolute Gasteiger partial charge is 0.263 e. The van der Waals surface area contributed by atoms with Gasteiger partial charge in [0.1, 0.15) is 16.0 Å². The maximum Gasteiger partial charge on any atom is 0.263 e. The molecule has 5 N–H and O–H groups in total. The van der Waals surface area contributed by atoms with Crippen molar-refractivity contribution in [2.75, 3.05) is 11.3 Å². The summed E-state index contributed by atoms with van der Waals surface area (Å²) in [5, 5.41) is 31.2. The van der Waals surface area contributed by atoms with E-state index in [0.29, 0.717) is 22.3 Å². The number of phenols is 2. The van der Waals surface area contributed by atoms with Gasteiger partial charge < -0.3 is 16.1 Å². The van der Waals surface area contributed by atoms with E-state index < -0.39 is 0 Å². The molecule has 8 nitrogen and oxygen atoms in total. The third-order valence-corrected chi connectivity index (χ3v) is 4.00. The number of halogens is 4. The van der Waals surface area contributed by atoms with E-state index in [9.17, 15) is 10.2 Å². The third-order valence-electron chi connectivity index (χ3n) is 2.65. The van der Waals surface area contributed by atoms with Gasteiger partial charge in [0, 0.05) is 12.0 Å². The van der Waals surface area contributed by atoms with Crippen LogP contribution in [0, 0.1) is 0 Å². The Morgan fingerprint density at radius 1 is 1.30 bits per heavy atom. The molecule has 0 aliphatic carbocycles. The van der Waals surface area contributed by atoms with Crippen LogP contribution in [0.1, 0.15) is 18.3 Å². The summed E-state index contributed by atoms with van der Waals surface area (Å²) in [6.07, 6.45) is 2.01. The van der Waals surface area contributed by atoms with Gasteiger partial charge in [-0.3, -0.25) is 0 Å². The zero-order chi connectivity index (χ0) is 15.6. The average molecular weight is 493 g/mol. The third kappa shape index (κ3) is 4.63. The van der Waals surface area contributed by atoms with E-state index in [1.165, 1.54) is 17.0 Å². The molecule has 0 aliphatic rings. The van der Waals surface area contributed by atoms with E-state index in [4.69, 9.17) is 5.84 Å². The lowest BCUT2D eigenvalue weighted by molar-refractivity contribution is 0.442. The van der Waals surface area contributed by atoms with Gasteiger partial charge in [-0.05, 0) is 37.9 Å². The number of hydrogen-bond donors (Lipinski definition) is 4. The molecule has 0 saturated heterocycles. The Balaban J connectivity index is 0.00000242. The number of hydrogen-bond acceptors (Lipinski definition) is 7. The number of aromatic hydroxyl groups is 2. The standard InChI is InChI=1S/C11H12Br2N6O2.2ClH/c1-2-7-16-18-11(19(7)14)17-15-4-5-3-6(12)10(21)8(13)9(5)20;;/h3-4,20-21H,2,14H2,1H3,(H,17,18);2*1H/b15-4+;;. The van der Waals surface area contributed by atoms with E-state index in [0.717, 1.165) is 0 Å². The first kappa shape index (κ1) is 21.8. The number of nitrogens with zero attached hydrogens (tertiary/aromatic N) is 4. The second-order valence-electron chi connectivity index (χ2n) is 3.99. The lowest BCUT2D eigenvalue weighted by atomic mass is 10.2. The summed E-state index contributed by atoms with van der Waals surface area (Å²) < 4.78 is 1.89. The van der Waals surface area contributed by atoms with Crippen molar-refractivity contribution in [3.8, 4) is 11.5 Å². The van der Waals surface area contributed by atoms with Crippen molar-refractivity contribution in [2.45, 2.75) is 13.3 Å². The molecule has 0 amide bonds. The Labute approximate surface area is 161 Å². The molecular weight excluding hydrogens is 479 g/mol. The Morgan fingerprint density at radius 3 is 2.52 bits per heavy atom. The van der Waals surface area contributed by atoms with E-state index in [1.54, 1.807) is 0 Å². The fourth-order valence-electron chi connectivity index (χ4n) is 1.52. The molecule has 0 bridgehead atoms. The van der Waals surface area contributed by atoms with Crippen molar-refractivity contribution in [1.29, 1.82) is 0 Å². The number of aryl methyl sites for hydroxylation is 1. The van der Waals surface area contributed by atoms with Gasteiger partial charge in [-0.25, -0.2) is 10.1 Å². The van der Waals surface area contributed by atoms with Gasteiger partial charge in [0.2, 0.25) is 0 Å². The Hall–Kier alpha value is -1.23. The van der Waals surface area contributed by atoms with E-state index in [2.05, 4.69) is 52.6 Å². The number of nitrogens with one attached hydrogen (secondary N) is 1. The number of nitrogens with two attached hydrogens (primary N) is 1. The number of rotatable bonds is 4. The molecule has 1 aromatic carbocycles. The van der Waals surface area contributed by atoms with Crippen molar-refractivity contribution >= 4 is 68.8 Å². The fraction of sp³-hybridized carbons (Fsp3) is 0.182. The van der Waals surface area contributed by atoms with Crippen LogP contribution >= 0.6 is 56.7 Å². The van der Waals surface area contributed by atoms with Crippen molar-refractivity contribution in [3.63, 3.8) is 0 Å². The van der Waals surface area contributed by atoms with Crippen molar-refractivity contribution < 1.29 is 10.2 Å². The molecule has 0 unspecified atom stereocenters. The Bertz CT molecular complexity index is 710. The molecule has 128 valence electrons. The second-order valence-corrected chi connectivity index (χ2v) is 5.64. The van der Waals surface area contributed by atoms with Crippen LogP contribution in [-0.2, 0) is 6.42 Å². The summed E-state index contributed by atoms with van der Waals surface area (Å²) in [7, 11) is 0. The predicted octanol–water partition coefficient (Wildman–Crippen LogP) is 2.78. The summed E-state index contributed by atoms with van der Waals surface area (Å²) in [5.41, 5.74) is 3.01. The van der Waals surface area contributed by atoms with Crippen LogP contribution in [0.15, 0.2) is 20.1 Å². The molecule has 0 spiro atoms. The van der Waals surface area contributed by atoms with E-state index >= 15 is 0 Å².